The van der Waals surface area contributed by atoms with Gasteiger partial charge in [-0.05, 0) is 37.6 Å². The first-order chi connectivity index (χ1) is 15.1. The highest BCUT2D eigenvalue weighted by Gasteiger charge is 2.12. The van der Waals surface area contributed by atoms with Crippen molar-refractivity contribution in [2.75, 3.05) is 53.6 Å². The van der Waals surface area contributed by atoms with Crippen LogP contribution in [-0.4, -0.2) is 84.1 Å². The molecule has 0 amide bonds. The van der Waals surface area contributed by atoms with Gasteiger partial charge in [0.2, 0.25) is 0 Å². The van der Waals surface area contributed by atoms with Crippen LogP contribution >= 0.6 is 24.0 Å². The summed E-state index contributed by atoms with van der Waals surface area (Å²) in [5, 5.41) is 11.9. The normalized spacial score (nSPS) is 14.7. The third kappa shape index (κ3) is 7.89. The standard InChI is InChI=1S/C22H35N7O2.HI/c1-18-25-26-21(28(18)3)16-24-22(23-10-5-11-29-12-14-31-15-13-29)27(2)17-19-6-8-20(30-4)9-7-19;/h6-9H,5,10-17H2,1-4H3,(H,23,24);1H. The highest BCUT2D eigenvalue weighted by molar-refractivity contribution is 14.0. The van der Waals surface area contributed by atoms with Gasteiger partial charge in [0, 0.05) is 40.3 Å². The lowest BCUT2D eigenvalue weighted by Crippen LogP contribution is -2.41. The number of aliphatic imine (C=N–C) groups is 1. The summed E-state index contributed by atoms with van der Waals surface area (Å²) in [5.41, 5.74) is 1.20. The first-order valence-corrected chi connectivity index (χ1v) is 10.8. The predicted molar refractivity (Wildman–Crippen MR) is 137 cm³/mol. The summed E-state index contributed by atoms with van der Waals surface area (Å²) >= 11 is 0. The molecule has 1 N–H and O–H groups in total. The molecule has 9 nitrogen and oxygen atoms in total. The minimum absolute atomic E-state index is 0. The lowest BCUT2D eigenvalue weighted by atomic mass is 10.2. The summed E-state index contributed by atoms with van der Waals surface area (Å²) < 4.78 is 12.7. The molecular formula is C22H36IN7O2. The summed E-state index contributed by atoms with van der Waals surface area (Å²) in [6.45, 7) is 8.81. The summed E-state index contributed by atoms with van der Waals surface area (Å²) in [6.07, 6.45) is 1.05. The molecule has 1 saturated heterocycles. The van der Waals surface area contributed by atoms with Crippen LogP contribution in [-0.2, 0) is 24.9 Å². The Morgan fingerprint density at radius 2 is 1.94 bits per heavy atom. The molecule has 0 aliphatic carbocycles. The lowest BCUT2D eigenvalue weighted by Gasteiger charge is -2.27. The molecule has 0 atom stereocenters. The third-order valence-corrected chi connectivity index (χ3v) is 5.53. The number of nitrogens with one attached hydrogen (secondary N) is 1. The van der Waals surface area contributed by atoms with E-state index >= 15 is 0 Å². The number of guanidine groups is 1. The Bertz CT molecular complexity index is 835. The summed E-state index contributed by atoms with van der Waals surface area (Å²) in [4.78, 5) is 9.42. The van der Waals surface area contributed by atoms with Gasteiger partial charge < -0.3 is 24.3 Å². The second-order valence-corrected chi connectivity index (χ2v) is 7.80. The largest absolute Gasteiger partial charge is 0.497 e. The number of halogens is 1. The number of morpholine rings is 1. The van der Waals surface area contributed by atoms with Crippen LogP contribution in [0.1, 0.15) is 23.6 Å². The molecule has 1 aromatic heterocycles. The van der Waals surface area contributed by atoms with Gasteiger partial charge in [-0.25, -0.2) is 4.99 Å². The Hall–Kier alpha value is -1.92. The van der Waals surface area contributed by atoms with Gasteiger partial charge >= 0.3 is 0 Å². The van der Waals surface area contributed by atoms with Crippen molar-refractivity contribution < 1.29 is 9.47 Å². The number of benzene rings is 1. The maximum absolute atomic E-state index is 5.43. The Morgan fingerprint density at radius 1 is 1.22 bits per heavy atom. The predicted octanol–water partition coefficient (Wildman–Crippen LogP) is 2.05. The van der Waals surface area contributed by atoms with Crippen LogP contribution < -0.4 is 10.1 Å². The van der Waals surface area contributed by atoms with Crippen LogP contribution in [0.2, 0.25) is 0 Å². The van der Waals surface area contributed by atoms with E-state index in [4.69, 9.17) is 14.5 Å². The van der Waals surface area contributed by atoms with Gasteiger partial charge in [0.05, 0.1) is 20.3 Å². The number of nitrogens with zero attached hydrogens (tertiary/aromatic N) is 6. The van der Waals surface area contributed by atoms with Crippen molar-refractivity contribution in [2.45, 2.75) is 26.4 Å². The Morgan fingerprint density at radius 3 is 2.56 bits per heavy atom. The van der Waals surface area contributed by atoms with Gasteiger partial charge in [-0.3, -0.25) is 4.90 Å². The van der Waals surface area contributed by atoms with Gasteiger partial charge in [-0.2, -0.15) is 0 Å². The number of methoxy groups -OCH3 is 1. The highest BCUT2D eigenvalue weighted by atomic mass is 127. The maximum atomic E-state index is 5.43. The van der Waals surface area contributed by atoms with Gasteiger partial charge in [0.15, 0.2) is 11.8 Å². The average Bonchev–Trinajstić information content (AvgIpc) is 3.12. The van der Waals surface area contributed by atoms with Crippen LogP contribution in [0.25, 0.3) is 0 Å². The van der Waals surface area contributed by atoms with E-state index in [2.05, 4.69) is 44.5 Å². The molecule has 1 fully saturated rings. The van der Waals surface area contributed by atoms with E-state index < -0.39 is 0 Å². The number of hydrogen-bond acceptors (Lipinski definition) is 6. The molecule has 0 unspecified atom stereocenters. The molecular weight excluding hydrogens is 521 g/mol. The minimum atomic E-state index is 0. The van der Waals surface area contributed by atoms with E-state index in [0.29, 0.717) is 6.54 Å². The van der Waals surface area contributed by atoms with E-state index in [1.807, 2.05) is 30.7 Å². The second kappa shape index (κ2) is 13.6. The molecule has 1 aliphatic rings. The molecule has 178 valence electrons. The maximum Gasteiger partial charge on any atom is 0.194 e. The molecule has 0 radical (unpaired) electrons. The fourth-order valence-corrected chi connectivity index (χ4v) is 3.45. The zero-order valence-electron chi connectivity index (χ0n) is 19.6. The summed E-state index contributed by atoms with van der Waals surface area (Å²) in [5.74, 6) is 3.46. The Kier molecular flexibility index (Phi) is 11.2. The summed E-state index contributed by atoms with van der Waals surface area (Å²) in [6, 6.07) is 8.13. The molecule has 3 rings (SSSR count). The molecule has 2 heterocycles. The first kappa shape index (κ1) is 26.3. The lowest BCUT2D eigenvalue weighted by molar-refractivity contribution is 0.0375. The molecule has 32 heavy (non-hydrogen) atoms. The minimum Gasteiger partial charge on any atom is -0.497 e. The fourth-order valence-electron chi connectivity index (χ4n) is 3.45. The van der Waals surface area contributed by atoms with Crippen molar-refractivity contribution in [1.29, 1.82) is 0 Å². The van der Waals surface area contributed by atoms with Crippen molar-refractivity contribution in [3.8, 4) is 5.75 Å². The molecule has 0 spiro atoms. The number of aromatic nitrogens is 3. The van der Waals surface area contributed by atoms with Crippen LogP contribution in [0.4, 0.5) is 0 Å². The monoisotopic (exact) mass is 557 g/mol. The van der Waals surface area contributed by atoms with Gasteiger partial charge in [0.1, 0.15) is 18.1 Å². The smallest absolute Gasteiger partial charge is 0.194 e. The molecule has 10 heteroatoms. The van der Waals surface area contributed by atoms with Crippen molar-refractivity contribution in [1.82, 2.24) is 29.9 Å². The first-order valence-electron chi connectivity index (χ1n) is 10.8. The number of rotatable bonds is 9. The molecule has 2 aromatic rings. The van der Waals surface area contributed by atoms with Crippen LogP contribution in [0.5, 0.6) is 5.75 Å². The number of aryl methyl sites for hydroxylation is 1. The highest BCUT2D eigenvalue weighted by Crippen LogP contribution is 2.13. The topological polar surface area (TPSA) is 80.0 Å². The zero-order valence-corrected chi connectivity index (χ0v) is 21.9. The molecule has 1 aromatic carbocycles. The molecule has 0 saturated carbocycles. The second-order valence-electron chi connectivity index (χ2n) is 7.80. The van der Waals surface area contributed by atoms with E-state index in [-0.39, 0.29) is 24.0 Å². The average molecular weight is 557 g/mol. The third-order valence-electron chi connectivity index (χ3n) is 5.53. The number of hydrogen-bond donors (Lipinski definition) is 1. The van der Waals surface area contributed by atoms with E-state index in [0.717, 1.165) is 75.7 Å². The summed E-state index contributed by atoms with van der Waals surface area (Å²) in [7, 11) is 5.71. The van der Waals surface area contributed by atoms with Crippen LogP contribution in [0.15, 0.2) is 29.3 Å². The van der Waals surface area contributed by atoms with Crippen molar-refractivity contribution in [3.05, 3.63) is 41.5 Å². The van der Waals surface area contributed by atoms with E-state index in [9.17, 15) is 0 Å². The zero-order chi connectivity index (χ0) is 22.1. The van der Waals surface area contributed by atoms with Crippen LogP contribution in [0, 0.1) is 6.92 Å². The van der Waals surface area contributed by atoms with Gasteiger partial charge in [0.25, 0.3) is 0 Å². The Labute approximate surface area is 208 Å². The quantitative estimate of drug-likeness (QED) is 0.219. The van der Waals surface area contributed by atoms with Crippen LogP contribution in [0.3, 0.4) is 0 Å². The molecule has 1 aliphatic heterocycles. The van der Waals surface area contributed by atoms with Gasteiger partial charge in [-0.15, -0.1) is 34.2 Å². The fraction of sp³-hybridized carbons (Fsp3) is 0.591. The van der Waals surface area contributed by atoms with E-state index in [1.54, 1.807) is 7.11 Å². The van der Waals surface area contributed by atoms with E-state index in [1.165, 1.54) is 5.56 Å². The SMILES string of the molecule is COc1ccc(CN(C)C(=NCc2nnc(C)n2C)NCCCN2CCOCC2)cc1.I. The Balaban J connectivity index is 0.00000363. The molecule has 0 bridgehead atoms. The van der Waals surface area contributed by atoms with Gasteiger partial charge in [-0.1, -0.05) is 12.1 Å². The van der Waals surface area contributed by atoms with Crippen molar-refractivity contribution >= 4 is 29.9 Å². The number of ether oxygens (including phenoxy) is 2. The van der Waals surface area contributed by atoms with Crippen molar-refractivity contribution in [2.24, 2.45) is 12.0 Å². The van der Waals surface area contributed by atoms with Crippen molar-refractivity contribution in [3.63, 3.8) is 0 Å².